The minimum absolute atomic E-state index is 0.0205. The maximum Gasteiger partial charge on any atom is 0.174 e. The number of pyridine rings is 1. The maximum absolute atomic E-state index is 14.0. The molecule has 0 bridgehead atoms. The number of carbonyl (C=O) groups excluding carboxylic acids is 1. The fraction of sp³-hybridized carbons (Fsp3) is 0.250. The molecule has 1 atom stereocenters. The Morgan fingerprint density at radius 1 is 1.30 bits per heavy atom. The predicted molar refractivity (Wildman–Crippen MR) is 75.7 cm³/mol. The molecule has 1 aliphatic rings. The molecule has 0 N–H and O–H groups in total. The van der Waals surface area contributed by atoms with Gasteiger partial charge in [0.15, 0.2) is 11.6 Å². The number of aromatic nitrogens is 1. The summed E-state index contributed by atoms with van der Waals surface area (Å²) in [5.74, 6) is -1.24. The second-order valence-corrected chi connectivity index (χ2v) is 5.37. The van der Waals surface area contributed by atoms with Crippen molar-refractivity contribution in [1.82, 2.24) is 4.98 Å². The van der Waals surface area contributed by atoms with Gasteiger partial charge in [-0.1, -0.05) is 23.7 Å². The van der Waals surface area contributed by atoms with E-state index in [1.165, 1.54) is 12.1 Å². The minimum atomic E-state index is -0.637. The van der Waals surface area contributed by atoms with Crippen LogP contribution in [0.4, 0.5) is 4.39 Å². The maximum atomic E-state index is 14.0. The Morgan fingerprint density at radius 2 is 2.15 bits per heavy atom. The van der Waals surface area contributed by atoms with Gasteiger partial charge in [-0.15, -0.1) is 0 Å². The Kier molecular flexibility index (Phi) is 3.53. The molecule has 102 valence electrons. The number of ketones is 1. The summed E-state index contributed by atoms with van der Waals surface area (Å²) >= 11 is 5.75. The molecule has 4 heteroatoms. The second-order valence-electron chi connectivity index (χ2n) is 4.96. The molecule has 1 unspecified atom stereocenters. The third-order valence-electron chi connectivity index (χ3n) is 3.73. The van der Waals surface area contributed by atoms with E-state index in [2.05, 4.69) is 4.98 Å². The summed E-state index contributed by atoms with van der Waals surface area (Å²) in [5, 5.41) is -0.0205. The molecule has 1 aromatic carbocycles. The fourth-order valence-electron chi connectivity index (χ4n) is 2.75. The largest absolute Gasteiger partial charge is 0.293 e. The summed E-state index contributed by atoms with van der Waals surface area (Å²) in [6.07, 6.45) is 4.22. The zero-order valence-corrected chi connectivity index (χ0v) is 11.5. The van der Waals surface area contributed by atoms with Crippen molar-refractivity contribution in [3.05, 3.63) is 64.2 Å². The van der Waals surface area contributed by atoms with Gasteiger partial charge in [0.2, 0.25) is 0 Å². The summed E-state index contributed by atoms with van der Waals surface area (Å²) < 4.78 is 14.0. The first-order valence-electron chi connectivity index (χ1n) is 6.60. The Morgan fingerprint density at radius 3 is 3.00 bits per heavy atom. The molecular formula is C16H13ClFNO. The van der Waals surface area contributed by atoms with E-state index in [1.807, 2.05) is 12.1 Å². The summed E-state index contributed by atoms with van der Waals surface area (Å²) in [4.78, 5) is 16.9. The predicted octanol–water partition coefficient (Wildman–Crippen LogP) is 4.18. The molecule has 0 saturated heterocycles. The lowest BCUT2D eigenvalue weighted by Crippen LogP contribution is -2.21. The summed E-state index contributed by atoms with van der Waals surface area (Å²) in [5.41, 5.74) is 1.92. The Labute approximate surface area is 121 Å². The zero-order chi connectivity index (χ0) is 14.1. The van der Waals surface area contributed by atoms with Crippen molar-refractivity contribution >= 4 is 17.4 Å². The molecule has 0 aliphatic heterocycles. The third kappa shape index (κ3) is 2.22. The number of nitrogens with zero attached hydrogens (tertiary/aromatic N) is 1. The van der Waals surface area contributed by atoms with Crippen LogP contribution in [0.1, 0.15) is 40.4 Å². The lowest BCUT2D eigenvalue weighted by Gasteiger charge is -2.23. The molecule has 0 fully saturated rings. The molecular weight excluding hydrogens is 277 g/mol. The van der Waals surface area contributed by atoms with Crippen molar-refractivity contribution in [3.63, 3.8) is 0 Å². The van der Waals surface area contributed by atoms with Crippen LogP contribution in [0.15, 0.2) is 36.5 Å². The number of Topliss-reactive ketones (excluding diaryl/α,β-unsaturated/α-hetero) is 1. The lowest BCUT2D eigenvalue weighted by molar-refractivity contribution is 0.0945. The molecule has 0 saturated carbocycles. The molecule has 3 rings (SSSR count). The van der Waals surface area contributed by atoms with E-state index < -0.39 is 5.82 Å². The SMILES string of the molecule is O=C(c1cccc(Cl)c1F)C1CCCc2cccnc21. The number of aryl methyl sites for hydroxylation is 1. The number of benzene rings is 1. The van der Waals surface area contributed by atoms with Crippen LogP contribution in [-0.4, -0.2) is 10.8 Å². The average molecular weight is 290 g/mol. The monoisotopic (exact) mass is 289 g/mol. The number of hydrogen-bond acceptors (Lipinski definition) is 2. The molecule has 2 nitrogen and oxygen atoms in total. The first-order chi connectivity index (χ1) is 9.68. The molecule has 1 heterocycles. The summed E-state index contributed by atoms with van der Waals surface area (Å²) in [7, 11) is 0. The molecule has 1 aliphatic carbocycles. The quantitative estimate of drug-likeness (QED) is 0.777. The van der Waals surface area contributed by atoms with Crippen molar-refractivity contribution in [1.29, 1.82) is 0 Å². The van der Waals surface area contributed by atoms with Gasteiger partial charge in [-0.3, -0.25) is 9.78 Å². The van der Waals surface area contributed by atoms with E-state index >= 15 is 0 Å². The molecule has 2 aromatic rings. The number of halogens is 2. The van der Waals surface area contributed by atoms with Gasteiger partial charge in [0.1, 0.15) is 0 Å². The van der Waals surface area contributed by atoms with E-state index in [0.717, 1.165) is 24.1 Å². The van der Waals surface area contributed by atoms with Gasteiger partial charge >= 0.3 is 0 Å². The van der Waals surface area contributed by atoms with Crippen LogP contribution < -0.4 is 0 Å². The summed E-state index contributed by atoms with van der Waals surface area (Å²) in [6, 6.07) is 8.38. The van der Waals surface area contributed by atoms with E-state index in [0.29, 0.717) is 6.42 Å². The lowest BCUT2D eigenvalue weighted by atomic mass is 9.82. The highest BCUT2D eigenvalue weighted by Crippen LogP contribution is 2.33. The number of hydrogen-bond donors (Lipinski definition) is 0. The molecule has 0 amide bonds. The Bertz CT molecular complexity index is 671. The highest BCUT2D eigenvalue weighted by atomic mass is 35.5. The van der Waals surface area contributed by atoms with Crippen LogP contribution in [0.5, 0.6) is 0 Å². The Balaban J connectivity index is 2.02. The van der Waals surface area contributed by atoms with E-state index in [-0.39, 0.29) is 22.3 Å². The van der Waals surface area contributed by atoms with Crippen LogP contribution in [0.2, 0.25) is 5.02 Å². The highest BCUT2D eigenvalue weighted by molar-refractivity contribution is 6.31. The number of rotatable bonds is 2. The van der Waals surface area contributed by atoms with Crippen molar-refractivity contribution in [2.45, 2.75) is 25.2 Å². The van der Waals surface area contributed by atoms with Gasteiger partial charge in [0, 0.05) is 6.20 Å². The van der Waals surface area contributed by atoms with Gasteiger partial charge in [0.25, 0.3) is 0 Å². The third-order valence-corrected chi connectivity index (χ3v) is 4.02. The minimum Gasteiger partial charge on any atom is -0.293 e. The molecule has 0 spiro atoms. The Hall–Kier alpha value is -1.74. The van der Waals surface area contributed by atoms with Gasteiger partial charge in [-0.25, -0.2) is 4.39 Å². The zero-order valence-electron chi connectivity index (χ0n) is 10.8. The van der Waals surface area contributed by atoms with Crippen molar-refractivity contribution < 1.29 is 9.18 Å². The summed E-state index contributed by atoms with van der Waals surface area (Å²) in [6.45, 7) is 0. The fourth-order valence-corrected chi connectivity index (χ4v) is 2.92. The average Bonchev–Trinajstić information content (AvgIpc) is 2.49. The topological polar surface area (TPSA) is 30.0 Å². The van der Waals surface area contributed by atoms with Crippen molar-refractivity contribution in [2.75, 3.05) is 0 Å². The van der Waals surface area contributed by atoms with Gasteiger partial charge < -0.3 is 0 Å². The smallest absolute Gasteiger partial charge is 0.174 e. The van der Waals surface area contributed by atoms with Crippen LogP contribution in [0.3, 0.4) is 0 Å². The van der Waals surface area contributed by atoms with Crippen LogP contribution in [-0.2, 0) is 6.42 Å². The second kappa shape index (κ2) is 5.33. The normalized spacial score (nSPS) is 17.6. The number of carbonyl (C=O) groups is 1. The molecule has 20 heavy (non-hydrogen) atoms. The van der Waals surface area contributed by atoms with Crippen molar-refractivity contribution in [2.24, 2.45) is 0 Å². The van der Waals surface area contributed by atoms with Crippen LogP contribution >= 0.6 is 11.6 Å². The standard InChI is InChI=1S/C16H13ClFNO/c17-13-8-2-6-11(14(13)18)16(20)12-7-1-4-10-5-3-9-19-15(10)12/h2-3,5-6,8-9,12H,1,4,7H2. The number of fused-ring (bicyclic) bond motifs is 1. The highest BCUT2D eigenvalue weighted by Gasteiger charge is 2.30. The van der Waals surface area contributed by atoms with E-state index in [9.17, 15) is 9.18 Å². The van der Waals surface area contributed by atoms with Crippen molar-refractivity contribution in [3.8, 4) is 0 Å². The first-order valence-corrected chi connectivity index (χ1v) is 6.98. The molecule has 1 aromatic heterocycles. The van der Waals surface area contributed by atoms with Gasteiger partial charge in [0.05, 0.1) is 22.2 Å². The van der Waals surface area contributed by atoms with Crippen LogP contribution in [0, 0.1) is 5.82 Å². The van der Waals surface area contributed by atoms with Crippen LogP contribution in [0.25, 0.3) is 0 Å². The van der Waals surface area contributed by atoms with E-state index in [4.69, 9.17) is 11.6 Å². The molecule has 0 radical (unpaired) electrons. The van der Waals surface area contributed by atoms with E-state index in [1.54, 1.807) is 12.3 Å². The van der Waals surface area contributed by atoms with Gasteiger partial charge in [-0.2, -0.15) is 0 Å². The first kappa shape index (κ1) is 13.3. The van der Waals surface area contributed by atoms with Gasteiger partial charge in [-0.05, 0) is 43.0 Å².